The van der Waals surface area contributed by atoms with Crippen molar-refractivity contribution in [3.63, 3.8) is 0 Å². The van der Waals surface area contributed by atoms with E-state index < -0.39 is 0 Å². The van der Waals surface area contributed by atoms with Crippen molar-refractivity contribution in [3.05, 3.63) is 101 Å². The summed E-state index contributed by atoms with van der Waals surface area (Å²) in [6, 6.07) is 23.1. The summed E-state index contributed by atoms with van der Waals surface area (Å²) in [5, 5.41) is 3.03. The Morgan fingerprint density at radius 3 is 2.55 bits per heavy atom. The van der Waals surface area contributed by atoms with Crippen LogP contribution in [0.3, 0.4) is 0 Å². The van der Waals surface area contributed by atoms with Crippen molar-refractivity contribution in [2.24, 2.45) is 0 Å². The quantitative estimate of drug-likeness (QED) is 0.622. The Balaban J connectivity index is 1.24. The Morgan fingerprint density at radius 2 is 1.76 bits per heavy atom. The van der Waals surface area contributed by atoms with Gasteiger partial charge in [-0.25, -0.2) is 0 Å². The van der Waals surface area contributed by atoms with Crippen molar-refractivity contribution in [1.29, 1.82) is 0 Å². The number of ether oxygens (including phenoxy) is 1. The number of likely N-dealkylation sites (tertiary alicyclic amines) is 1. The summed E-state index contributed by atoms with van der Waals surface area (Å²) in [5.41, 5.74) is 4.70. The third-order valence-electron chi connectivity index (χ3n) is 6.89. The predicted molar refractivity (Wildman–Crippen MR) is 128 cm³/mol. The van der Waals surface area contributed by atoms with E-state index in [2.05, 4.69) is 69.8 Å². The lowest BCUT2D eigenvalue weighted by molar-refractivity contribution is -0.150. The standard InChI is InChI=1S/C28H31N3O2/c32-27(30-20-23-9-6-14-29-19-23)18-25-17-24-10-4-5-11-26(24)28(33-25)12-15-31(16-13-28)21-22-7-2-1-3-8-22/h1-11,14,19,25H,12-13,15-18,20-21H2,(H,30,32). The lowest BCUT2D eigenvalue weighted by atomic mass is 9.77. The number of pyridine rings is 1. The number of benzene rings is 2. The Morgan fingerprint density at radius 1 is 1.00 bits per heavy atom. The molecule has 5 nitrogen and oxygen atoms in total. The molecule has 2 aliphatic heterocycles. The molecule has 2 aromatic carbocycles. The topological polar surface area (TPSA) is 54.5 Å². The van der Waals surface area contributed by atoms with Crippen LogP contribution in [0.2, 0.25) is 0 Å². The molecule has 0 bridgehead atoms. The van der Waals surface area contributed by atoms with Gasteiger partial charge in [0, 0.05) is 38.6 Å². The van der Waals surface area contributed by atoms with Crippen molar-refractivity contribution in [2.45, 2.75) is 50.5 Å². The first-order chi connectivity index (χ1) is 16.2. The molecule has 1 N–H and O–H groups in total. The van der Waals surface area contributed by atoms with Gasteiger partial charge in [-0.2, -0.15) is 0 Å². The maximum atomic E-state index is 12.7. The molecule has 0 radical (unpaired) electrons. The molecule has 2 aliphatic rings. The smallest absolute Gasteiger partial charge is 0.222 e. The Kier molecular flexibility index (Phi) is 6.51. The Hall–Kier alpha value is -3.02. The second-order valence-electron chi connectivity index (χ2n) is 9.20. The lowest BCUT2D eigenvalue weighted by Crippen LogP contribution is -2.49. The van der Waals surface area contributed by atoms with Crippen LogP contribution in [0.15, 0.2) is 79.1 Å². The number of carbonyl (C=O) groups excluding carboxylic acids is 1. The second-order valence-corrected chi connectivity index (χ2v) is 9.20. The number of hydrogen-bond acceptors (Lipinski definition) is 4. The van der Waals surface area contributed by atoms with E-state index in [4.69, 9.17) is 4.74 Å². The largest absolute Gasteiger partial charge is 0.366 e. The molecule has 1 amide bonds. The van der Waals surface area contributed by atoms with Gasteiger partial charge < -0.3 is 10.1 Å². The van der Waals surface area contributed by atoms with Gasteiger partial charge in [0.15, 0.2) is 0 Å². The highest BCUT2D eigenvalue weighted by atomic mass is 16.5. The first kappa shape index (κ1) is 21.8. The second kappa shape index (κ2) is 9.86. The molecule has 0 aliphatic carbocycles. The zero-order valence-electron chi connectivity index (χ0n) is 19.0. The average Bonchev–Trinajstić information content (AvgIpc) is 2.86. The first-order valence-corrected chi connectivity index (χ1v) is 11.9. The van der Waals surface area contributed by atoms with Gasteiger partial charge >= 0.3 is 0 Å². The highest BCUT2D eigenvalue weighted by molar-refractivity contribution is 5.76. The summed E-state index contributed by atoms with van der Waals surface area (Å²) >= 11 is 0. The Labute approximate surface area is 195 Å². The summed E-state index contributed by atoms with van der Waals surface area (Å²) in [4.78, 5) is 19.3. The fraction of sp³-hybridized carbons (Fsp3) is 0.357. The maximum absolute atomic E-state index is 12.7. The van der Waals surface area contributed by atoms with Crippen LogP contribution in [-0.2, 0) is 34.6 Å². The SMILES string of the molecule is O=C(CC1Cc2ccccc2C2(CCN(Cc3ccccc3)CC2)O1)NCc1cccnc1. The fourth-order valence-corrected chi connectivity index (χ4v) is 5.21. The molecular weight excluding hydrogens is 410 g/mol. The molecule has 3 aromatic rings. The molecule has 0 saturated carbocycles. The van der Waals surface area contributed by atoms with Gasteiger partial charge in [-0.1, -0.05) is 60.7 Å². The average molecular weight is 442 g/mol. The van der Waals surface area contributed by atoms with E-state index in [1.54, 1.807) is 12.4 Å². The summed E-state index contributed by atoms with van der Waals surface area (Å²) in [6.07, 6.45) is 6.48. The van der Waals surface area contributed by atoms with E-state index in [0.717, 1.165) is 44.5 Å². The number of piperidine rings is 1. The molecule has 170 valence electrons. The van der Waals surface area contributed by atoms with Crippen LogP contribution in [-0.4, -0.2) is 35.0 Å². The van der Waals surface area contributed by atoms with Crippen LogP contribution in [0.4, 0.5) is 0 Å². The minimum Gasteiger partial charge on any atom is -0.366 e. The van der Waals surface area contributed by atoms with Crippen molar-refractivity contribution in [3.8, 4) is 0 Å². The minimum atomic E-state index is -0.295. The maximum Gasteiger partial charge on any atom is 0.222 e. The zero-order chi connectivity index (χ0) is 22.5. The summed E-state index contributed by atoms with van der Waals surface area (Å²) in [6.45, 7) is 3.45. The van der Waals surface area contributed by atoms with E-state index in [1.807, 2.05) is 12.1 Å². The molecule has 1 unspecified atom stereocenters. The lowest BCUT2D eigenvalue weighted by Gasteiger charge is -2.47. The van der Waals surface area contributed by atoms with Gasteiger partial charge in [-0.3, -0.25) is 14.7 Å². The van der Waals surface area contributed by atoms with Gasteiger partial charge in [-0.15, -0.1) is 0 Å². The normalized spacial score (nSPS) is 19.7. The number of fused-ring (bicyclic) bond motifs is 2. The van der Waals surface area contributed by atoms with Crippen LogP contribution in [0.5, 0.6) is 0 Å². The Bertz CT molecular complexity index is 1060. The van der Waals surface area contributed by atoms with Gasteiger partial charge in [0.25, 0.3) is 0 Å². The molecule has 1 spiro atoms. The van der Waals surface area contributed by atoms with E-state index in [1.165, 1.54) is 16.7 Å². The van der Waals surface area contributed by atoms with Crippen LogP contribution in [0.25, 0.3) is 0 Å². The summed E-state index contributed by atoms with van der Waals surface area (Å²) < 4.78 is 6.76. The van der Waals surface area contributed by atoms with E-state index >= 15 is 0 Å². The van der Waals surface area contributed by atoms with Crippen LogP contribution < -0.4 is 5.32 Å². The number of aromatic nitrogens is 1. The number of rotatable bonds is 6. The molecule has 1 atom stereocenters. The first-order valence-electron chi connectivity index (χ1n) is 11.9. The van der Waals surface area contributed by atoms with Crippen molar-refractivity contribution in [1.82, 2.24) is 15.2 Å². The molecule has 1 fully saturated rings. The molecule has 5 heteroatoms. The number of amides is 1. The van der Waals surface area contributed by atoms with Gasteiger partial charge in [0.1, 0.15) is 0 Å². The van der Waals surface area contributed by atoms with Crippen LogP contribution >= 0.6 is 0 Å². The van der Waals surface area contributed by atoms with Crippen molar-refractivity contribution >= 4 is 5.91 Å². The van der Waals surface area contributed by atoms with Gasteiger partial charge in [-0.05, 0) is 47.6 Å². The summed E-state index contributed by atoms with van der Waals surface area (Å²) in [5.74, 6) is 0.0277. The highest BCUT2D eigenvalue weighted by Gasteiger charge is 2.43. The molecular formula is C28H31N3O2. The predicted octanol–water partition coefficient (Wildman–Crippen LogP) is 4.22. The van der Waals surface area contributed by atoms with Crippen LogP contribution in [0, 0.1) is 0 Å². The van der Waals surface area contributed by atoms with Crippen LogP contribution in [0.1, 0.15) is 41.5 Å². The third-order valence-corrected chi connectivity index (χ3v) is 6.89. The fourth-order valence-electron chi connectivity index (χ4n) is 5.21. The minimum absolute atomic E-state index is 0.0277. The molecule has 33 heavy (non-hydrogen) atoms. The number of carbonyl (C=O) groups is 1. The van der Waals surface area contributed by atoms with Gasteiger partial charge in [0.2, 0.25) is 5.91 Å². The molecule has 3 heterocycles. The molecule has 5 rings (SSSR count). The third kappa shape index (κ3) is 5.15. The summed E-state index contributed by atoms with van der Waals surface area (Å²) in [7, 11) is 0. The highest BCUT2D eigenvalue weighted by Crippen LogP contribution is 2.44. The van der Waals surface area contributed by atoms with Crippen molar-refractivity contribution < 1.29 is 9.53 Å². The molecule has 1 aromatic heterocycles. The van der Waals surface area contributed by atoms with E-state index in [-0.39, 0.29) is 17.6 Å². The molecule has 1 saturated heterocycles. The van der Waals surface area contributed by atoms with E-state index in [9.17, 15) is 4.79 Å². The monoisotopic (exact) mass is 441 g/mol. The number of nitrogens with one attached hydrogen (secondary N) is 1. The van der Waals surface area contributed by atoms with Crippen molar-refractivity contribution in [2.75, 3.05) is 13.1 Å². The van der Waals surface area contributed by atoms with E-state index in [0.29, 0.717) is 13.0 Å². The number of hydrogen-bond donors (Lipinski definition) is 1. The number of nitrogens with zero attached hydrogens (tertiary/aromatic N) is 2. The zero-order valence-corrected chi connectivity index (χ0v) is 19.0. The van der Waals surface area contributed by atoms with Gasteiger partial charge in [0.05, 0.1) is 18.1 Å².